The fraction of sp³-hybridized carbons (Fsp3) is 0.400. The SMILES string of the molecule is CNCC(=O)NC1CC2C(=O)Nc3ccccc3C(=O)N2C1. The number of likely N-dealkylation sites (N-methyl/N-ethyl adjacent to an activating group) is 1. The van der Waals surface area contributed by atoms with Crippen LogP contribution in [0.3, 0.4) is 0 Å². The third kappa shape index (κ3) is 2.55. The number of hydrogen-bond donors (Lipinski definition) is 3. The molecular formula is C15H18N4O3. The van der Waals surface area contributed by atoms with Gasteiger partial charge >= 0.3 is 0 Å². The first-order chi connectivity index (χ1) is 10.6. The van der Waals surface area contributed by atoms with Crippen LogP contribution in [-0.2, 0) is 9.59 Å². The van der Waals surface area contributed by atoms with E-state index in [0.29, 0.717) is 24.2 Å². The van der Waals surface area contributed by atoms with E-state index in [4.69, 9.17) is 0 Å². The molecule has 0 saturated carbocycles. The van der Waals surface area contributed by atoms with Crippen LogP contribution in [0, 0.1) is 0 Å². The highest BCUT2D eigenvalue weighted by Gasteiger charge is 2.42. The number of nitrogens with zero attached hydrogens (tertiary/aromatic N) is 1. The Bertz CT molecular complexity index is 631. The van der Waals surface area contributed by atoms with Gasteiger partial charge < -0.3 is 20.9 Å². The van der Waals surface area contributed by atoms with Crippen molar-refractivity contribution in [1.82, 2.24) is 15.5 Å². The fourth-order valence-corrected chi connectivity index (χ4v) is 3.00. The lowest BCUT2D eigenvalue weighted by atomic mass is 10.1. The summed E-state index contributed by atoms with van der Waals surface area (Å²) in [5.74, 6) is -0.522. The Morgan fingerprint density at radius 3 is 2.91 bits per heavy atom. The second kappa shape index (κ2) is 5.76. The Kier molecular flexibility index (Phi) is 3.81. The largest absolute Gasteiger partial charge is 0.350 e. The maximum atomic E-state index is 12.6. The molecule has 0 aromatic heterocycles. The first kappa shape index (κ1) is 14.5. The summed E-state index contributed by atoms with van der Waals surface area (Å²) in [6.45, 7) is 0.560. The van der Waals surface area contributed by atoms with Gasteiger partial charge in [-0.2, -0.15) is 0 Å². The van der Waals surface area contributed by atoms with Gasteiger partial charge in [-0.1, -0.05) is 12.1 Å². The van der Waals surface area contributed by atoms with Gasteiger partial charge in [-0.15, -0.1) is 0 Å². The van der Waals surface area contributed by atoms with Gasteiger partial charge in [-0.3, -0.25) is 14.4 Å². The highest BCUT2D eigenvalue weighted by molar-refractivity contribution is 6.10. The van der Waals surface area contributed by atoms with E-state index in [1.165, 1.54) is 0 Å². The maximum absolute atomic E-state index is 12.6. The Morgan fingerprint density at radius 1 is 1.36 bits per heavy atom. The zero-order valence-electron chi connectivity index (χ0n) is 12.3. The molecule has 7 heteroatoms. The molecule has 3 rings (SSSR count). The quantitative estimate of drug-likeness (QED) is 0.706. The zero-order valence-corrected chi connectivity index (χ0v) is 12.3. The average molecular weight is 302 g/mol. The van der Waals surface area contributed by atoms with E-state index in [1.807, 2.05) is 0 Å². The van der Waals surface area contributed by atoms with Crippen molar-refractivity contribution < 1.29 is 14.4 Å². The molecule has 2 heterocycles. The fourth-order valence-electron chi connectivity index (χ4n) is 3.00. The van der Waals surface area contributed by atoms with Gasteiger partial charge in [0.1, 0.15) is 6.04 Å². The molecule has 3 N–H and O–H groups in total. The first-order valence-corrected chi connectivity index (χ1v) is 7.25. The van der Waals surface area contributed by atoms with Gasteiger partial charge in [0.25, 0.3) is 5.91 Å². The van der Waals surface area contributed by atoms with Crippen LogP contribution in [0.5, 0.6) is 0 Å². The molecule has 2 aliphatic heterocycles. The molecule has 2 unspecified atom stereocenters. The summed E-state index contributed by atoms with van der Waals surface area (Å²) in [5, 5.41) is 8.42. The molecule has 3 amide bonds. The van der Waals surface area contributed by atoms with Crippen molar-refractivity contribution in [3.63, 3.8) is 0 Å². The van der Waals surface area contributed by atoms with Gasteiger partial charge in [0.2, 0.25) is 11.8 Å². The van der Waals surface area contributed by atoms with E-state index < -0.39 is 6.04 Å². The number of carbonyl (C=O) groups is 3. The number of para-hydroxylation sites is 1. The van der Waals surface area contributed by atoms with E-state index in [1.54, 1.807) is 36.2 Å². The summed E-state index contributed by atoms with van der Waals surface area (Å²) in [4.78, 5) is 38.2. The Balaban J connectivity index is 1.80. The summed E-state index contributed by atoms with van der Waals surface area (Å²) >= 11 is 0. The molecule has 1 aromatic carbocycles. The number of rotatable bonds is 3. The van der Waals surface area contributed by atoms with Crippen LogP contribution in [0.25, 0.3) is 0 Å². The summed E-state index contributed by atoms with van der Waals surface area (Å²) in [7, 11) is 1.69. The minimum atomic E-state index is -0.542. The van der Waals surface area contributed by atoms with Crippen molar-refractivity contribution in [3.8, 4) is 0 Å². The number of carbonyl (C=O) groups excluding carboxylic acids is 3. The van der Waals surface area contributed by atoms with Crippen molar-refractivity contribution in [3.05, 3.63) is 29.8 Å². The van der Waals surface area contributed by atoms with E-state index in [2.05, 4.69) is 16.0 Å². The number of benzene rings is 1. The predicted molar refractivity (Wildman–Crippen MR) is 80.4 cm³/mol. The Morgan fingerprint density at radius 2 is 2.14 bits per heavy atom. The topological polar surface area (TPSA) is 90.5 Å². The second-order valence-corrected chi connectivity index (χ2v) is 5.54. The number of fused-ring (bicyclic) bond motifs is 2. The van der Waals surface area contributed by atoms with Crippen LogP contribution < -0.4 is 16.0 Å². The van der Waals surface area contributed by atoms with Crippen LogP contribution in [0.2, 0.25) is 0 Å². The highest BCUT2D eigenvalue weighted by Crippen LogP contribution is 2.28. The first-order valence-electron chi connectivity index (χ1n) is 7.25. The summed E-state index contributed by atoms with van der Waals surface area (Å²) < 4.78 is 0. The minimum Gasteiger partial charge on any atom is -0.350 e. The lowest BCUT2D eigenvalue weighted by Gasteiger charge is -2.20. The number of amides is 3. The standard InChI is InChI=1S/C15H18N4O3/c1-16-7-13(20)17-9-6-12-14(21)18-11-5-3-2-4-10(11)15(22)19(12)8-9/h2-5,9,12,16H,6-8H2,1H3,(H,17,20)(H,18,21). The van der Waals surface area contributed by atoms with Crippen LogP contribution in [0.4, 0.5) is 5.69 Å². The second-order valence-electron chi connectivity index (χ2n) is 5.54. The molecule has 22 heavy (non-hydrogen) atoms. The van der Waals surface area contributed by atoms with Gasteiger partial charge in [0.15, 0.2) is 0 Å². The van der Waals surface area contributed by atoms with Crippen LogP contribution in [-0.4, -0.2) is 54.8 Å². The van der Waals surface area contributed by atoms with Crippen molar-refractivity contribution >= 4 is 23.4 Å². The van der Waals surface area contributed by atoms with Crippen LogP contribution in [0.1, 0.15) is 16.8 Å². The maximum Gasteiger partial charge on any atom is 0.256 e. The molecule has 0 radical (unpaired) electrons. The third-order valence-corrected chi connectivity index (χ3v) is 3.98. The Hall–Kier alpha value is -2.41. The molecule has 1 saturated heterocycles. The normalized spacial score (nSPS) is 23.4. The van der Waals surface area contributed by atoms with E-state index >= 15 is 0 Å². The minimum absolute atomic E-state index is 0.140. The number of nitrogens with one attached hydrogen (secondary N) is 3. The number of anilines is 1. The van der Waals surface area contributed by atoms with Crippen molar-refractivity contribution in [2.24, 2.45) is 0 Å². The van der Waals surface area contributed by atoms with Crippen LogP contribution in [0.15, 0.2) is 24.3 Å². The molecule has 0 bridgehead atoms. The van der Waals surface area contributed by atoms with E-state index in [0.717, 1.165) is 0 Å². The van der Waals surface area contributed by atoms with Gasteiger partial charge in [-0.25, -0.2) is 0 Å². The Labute approximate surface area is 128 Å². The molecule has 2 aliphatic rings. The molecule has 1 fully saturated rings. The summed E-state index contributed by atoms with van der Waals surface area (Å²) in [6.07, 6.45) is 0.432. The van der Waals surface area contributed by atoms with Gasteiger partial charge in [0.05, 0.1) is 17.8 Å². The third-order valence-electron chi connectivity index (χ3n) is 3.98. The molecule has 0 spiro atoms. The van der Waals surface area contributed by atoms with Crippen molar-refractivity contribution in [2.45, 2.75) is 18.5 Å². The van der Waals surface area contributed by atoms with Crippen molar-refractivity contribution in [1.29, 1.82) is 0 Å². The molecule has 7 nitrogen and oxygen atoms in total. The molecule has 0 aliphatic carbocycles. The van der Waals surface area contributed by atoms with E-state index in [-0.39, 0.29) is 30.3 Å². The van der Waals surface area contributed by atoms with Crippen molar-refractivity contribution in [2.75, 3.05) is 25.5 Å². The predicted octanol–water partition coefficient (Wildman–Crippen LogP) is -0.443. The monoisotopic (exact) mass is 302 g/mol. The van der Waals surface area contributed by atoms with E-state index in [9.17, 15) is 14.4 Å². The van der Waals surface area contributed by atoms with Gasteiger partial charge in [-0.05, 0) is 25.6 Å². The summed E-state index contributed by atoms with van der Waals surface area (Å²) in [6, 6.07) is 6.23. The highest BCUT2D eigenvalue weighted by atomic mass is 16.2. The molecular weight excluding hydrogens is 284 g/mol. The average Bonchev–Trinajstić information content (AvgIpc) is 2.87. The molecule has 2 atom stereocenters. The molecule has 116 valence electrons. The van der Waals surface area contributed by atoms with Gasteiger partial charge in [0, 0.05) is 12.6 Å². The molecule has 1 aromatic rings. The smallest absolute Gasteiger partial charge is 0.256 e. The summed E-state index contributed by atoms with van der Waals surface area (Å²) in [5.41, 5.74) is 1.03. The number of hydrogen-bond acceptors (Lipinski definition) is 4. The lowest BCUT2D eigenvalue weighted by Crippen LogP contribution is -2.42. The zero-order chi connectivity index (χ0) is 15.7. The van der Waals surface area contributed by atoms with Crippen LogP contribution >= 0.6 is 0 Å². The lowest BCUT2D eigenvalue weighted by molar-refractivity contribution is -0.121.